The predicted octanol–water partition coefficient (Wildman–Crippen LogP) is 2.91. The summed E-state index contributed by atoms with van der Waals surface area (Å²) < 4.78 is 15.3. The van der Waals surface area contributed by atoms with Gasteiger partial charge in [0.05, 0.1) is 0 Å². The summed E-state index contributed by atoms with van der Waals surface area (Å²) in [4.78, 5) is 18.2. The van der Waals surface area contributed by atoms with E-state index >= 15 is 0 Å². The van der Waals surface area contributed by atoms with Crippen molar-refractivity contribution in [2.75, 3.05) is 13.1 Å². The van der Waals surface area contributed by atoms with Crippen molar-refractivity contribution < 1.29 is 24.2 Å². The lowest BCUT2D eigenvalue weighted by Crippen LogP contribution is -2.34. The maximum absolute atomic E-state index is 14.1. The van der Waals surface area contributed by atoms with Gasteiger partial charge in [-0.3, -0.25) is 0 Å². The molecular formula is C16H18FNO4S. The molecule has 23 heavy (non-hydrogen) atoms. The Bertz CT molecular complexity index is 703. The van der Waals surface area contributed by atoms with E-state index in [0.717, 1.165) is 29.8 Å². The highest BCUT2D eigenvalue weighted by Crippen LogP contribution is 2.38. The Hall–Kier alpha value is -1.99. The van der Waals surface area contributed by atoms with Crippen molar-refractivity contribution >= 4 is 33.4 Å². The van der Waals surface area contributed by atoms with E-state index in [1.807, 2.05) is 6.07 Å². The number of rotatable bonds is 1. The number of fused-ring (bicyclic) bond motifs is 1. The molecule has 1 fully saturated rings. The van der Waals surface area contributed by atoms with Crippen molar-refractivity contribution in [2.24, 2.45) is 5.92 Å². The second kappa shape index (κ2) is 7.52. The number of benzene rings is 1. The van der Waals surface area contributed by atoms with Gasteiger partial charge in [-0.15, -0.1) is 11.3 Å². The summed E-state index contributed by atoms with van der Waals surface area (Å²) in [6.07, 6.45) is 1.04. The molecule has 0 unspecified atom stereocenters. The molecule has 7 heteroatoms. The fourth-order valence-electron chi connectivity index (χ4n) is 2.82. The highest BCUT2D eigenvalue weighted by Gasteiger charge is 2.27. The van der Waals surface area contributed by atoms with Gasteiger partial charge < -0.3 is 15.5 Å². The van der Waals surface area contributed by atoms with E-state index in [4.69, 9.17) is 19.8 Å². The molecule has 1 aliphatic rings. The van der Waals surface area contributed by atoms with Gasteiger partial charge in [-0.25, -0.2) is 14.0 Å². The van der Waals surface area contributed by atoms with Crippen molar-refractivity contribution in [3.63, 3.8) is 0 Å². The molecule has 3 rings (SSSR count). The number of halogens is 1. The molecule has 1 aliphatic heterocycles. The van der Waals surface area contributed by atoms with Crippen LogP contribution in [0.25, 0.3) is 10.1 Å². The molecule has 0 bridgehead atoms. The van der Waals surface area contributed by atoms with Crippen LogP contribution in [0.2, 0.25) is 0 Å². The van der Waals surface area contributed by atoms with Crippen LogP contribution >= 0.6 is 11.3 Å². The monoisotopic (exact) mass is 339 g/mol. The van der Waals surface area contributed by atoms with Crippen molar-refractivity contribution in [1.82, 2.24) is 5.32 Å². The molecule has 0 aliphatic carbocycles. The van der Waals surface area contributed by atoms with E-state index in [1.165, 1.54) is 5.39 Å². The second-order valence-electron chi connectivity index (χ2n) is 5.49. The standard InChI is InChI=1S/C14H16FNS.C2H2O4/c1-9-8-16-6-4-11(9)13-12(15)3-2-10-5-7-17-14(10)13;3-1(4)2(5)6/h2-3,5,7,9,11,16H,4,6,8H2,1H3;(H,3,4)(H,5,6)/t9-,11+;/m1./s1. The zero-order valence-corrected chi connectivity index (χ0v) is 13.4. The quantitative estimate of drug-likeness (QED) is 0.696. The number of thiophene rings is 1. The molecule has 2 atom stereocenters. The van der Waals surface area contributed by atoms with Crippen LogP contribution in [-0.4, -0.2) is 35.2 Å². The Morgan fingerprint density at radius 3 is 2.57 bits per heavy atom. The first kappa shape index (κ1) is 17.4. The van der Waals surface area contributed by atoms with Crippen LogP contribution in [0.15, 0.2) is 23.6 Å². The Balaban J connectivity index is 0.000000277. The summed E-state index contributed by atoms with van der Waals surface area (Å²) in [7, 11) is 0. The number of carbonyl (C=O) groups is 2. The first-order valence-electron chi connectivity index (χ1n) is 7.24. The summed E-state index contributed by atoms with van der Waals surface area (Å²) in [5.74, 6) is -2.81. The van der Waals surface area contributed by atoms with Gasteiger partial charge in [0.15, 0.2) is 0 Å². The Morgan fingerprint density at radius 2 is 1.96 bits per heavy atom. The van der Waals surface area contributed by atoms with E-state index in [2.05, 4.69) is 23.7 Å². The van der Waals surface area contributed by atoms with Crippen LogP contribution in [0.5, 0.6) is 0 Å². The summed E-state index contributed by atoms with van der Waals surface area (Å²) in [6.45, 7) is 4.20. The van der Waals surface area contributed by atoms with Gasteiger partial charge in [0.1, 0.15) is 5.82 Å². The average Bonchev–Trinajstić information content (AvgIpc) is 2.97. The number of carboxylic acids is 2. The smallest absolute Gasteiger partial charge is 0.414 e. The predicted molar refractivity (Wildman–Crippen MR) is 86.4 cm³/mol. The van der Waals surface area contributed by atoms with Gasteiger partial charge in [-0.05, 0) is 54.2 Å². The lowest BCUT2D eigenvalue weighted by molar-refractivity contribution is -0.159. The molecule has 1 saturated heterocycles. The normalized spacial score (nSPS) is 20.6. The fourth-order valence-corrected chi connectivity index (χ4v) is 3.82. The van der Waals surface area contributed by atoms with Crippen molar-refractivity contribution in [3.8, 4) is 0 Å². The van der Waals surface area contributed by atoms with E-state index < -0.39 is 11.9 Å². The molecule has 124 valence electrons. The van der Waals surface area contributed by atoms with E-state index in [-0.39, 0.29) is 5.82 Å². The number of aliphatic carboxylic acids is 2. The largest absolute Gasteiger partial charge is 0.473 e. The Kier molecular flexibility index (Phi) is 5.68. The minimum Gasteiger partial charge on any atom is -0.473 e. The molecule has 0 radical (unpaired) electrons. The van der Waals surface area contributed by atoms with Crippen LogP contribution in [0, 0.1) is 11.7 Å². The molecule has 5 nitrogen and oxygen atoms in total. The molecule has 3 N–H and O–H groups in total. The Morgan fingerprint density at radius 1 is 1.26 bits per heavy atom. The SMILES string of the molecule is C[C@@H]1CNCC[C@@H]1c1c(F)ccc2ccsc12.O=C(O)C(=O)O. The highest BCUT2D eigenvalue weighted by molar-refractivity contribution is 7.17. The zero-order valence-electron chi connectivity index (χ0n) is 12.6. The highest BCUT2D eigenvalue weighted by atomic mass is 32.1. The number of nitrogens with one attached hydrogen (secondary N) is 1. The Labute approximate surface area is 136 Å². The lowest BCUT2D eigenvalue weighted by Gasteiger charge is -2.30. The van der Waals surface area contributed by atoms with Crippen molar-refractivity contribution in [2.45, 2.75) is 19.3 Å². The molecule has 2 aromatic rings. The minimum absolute atomic E-state index is 0.0290. The molecular weight excluding hydrogens is 321 g/mol. The van der Waals surface area contributed by atoms with Crippen molar-refractivity contribution in [1.29, 1.82) is 0 Å². The second-order valence-corrected chi connectivity index (χ2v) is 6.40. The fraction of sp³-hybridized carbons (Fsp3) is 0.375. The first-order valence-corrected chi connectivity index (χ1v) is 8.12. The third-order valence-corrected chi connectivity index (χ3v) is 4.91. The summed E-state index contributed by atoms with van der Waals surface area (Å²) >= 11 is 1.66. The number of hydrogen-bond acceptors (Lipinski definition) is 4. The van der Waals surface area contributed by atoms with Gasteiger partial charge in [-0.2, -0.15) is 0 Å². The van der Waals surface area contributed by atoms with Gasteiger partial charge in [0.2, 0.25) is 0 Å². The average molecular weight is 339 g/mol. The molecule has 2 heterocycles. The topological polar surface area (TPSA) is 86.6 Å². The minimum atomic E-state index is -1.82. The van der Waals surface area contributed by atoms with E-state index in [0.29, 0.717) is 11.8 Å². The van der Waals surface area contributed by atoms with Gasteiger partial charge in [0.25, 0.3) is 0 Å². The van der Waals surface area contributed by atoms with Gasteiger partial charge in [-0.1, -0.05) is 13.0 Å². The number of piperidine rings is 1. The van der Waals surface area contributed by atoms with E-state index in [9.17, 15) is 4.39 Å². The molecule has 0 amide bonds. The van der Waals surface area contributed by atoms with Gasteiger partial charge >= 0.3 is 11.9 Å². The van der Waals surface area contributed by atoms with Crippen LogP contribution in [-0.2, 0) is 9.59 Å². The first-order chi connectivity index (χ1) is 10.9. The third kappa shape index (κ3) is 4.05. The molecule has 0 saturated carbocycles. The summed E-state index contributed by atoms with van der Waals surface area (Å²) in [5, 5.41) is 21.4. The summed E-state index contributed by atoms with van der Waals surface area (Å²) in [5.41, 5.74) is 0.950. The number of hydrogen-bond donors (Lipinski definition) is 3. The summed E-state index contributed by atoms with van der Waals surface area (Å²) in [6, 6.07) is 5.59. The van der Waals surface area contributed by atoms with Crippen LogP contribution < -0.4 is 5.32 Å². The maximum Gasteiger partial charge on any atom is 0.414 e. The lowest BCUT2D eigenvalue weighted by atomic mass is 9.82. The van der Waals surface area contributed by atoms with Crippen LogP contribution in [0.1, 0.15) is 24.8 Å². The van der Waals surface area contributed by atoms with Crippen LogP contribution in [0.4, 0.5) is 4.39 Å². The van der Waals surface area contributed by atoms with Crippen molar-refractivity contribution in [3.05, 3.63) is 35.0 Å². The maximum atomic E-state index is 14.1. The zero-order chi connectivity index (χ0) is 17.0. The molecule has 1 aromatic heterocycles. The molecule has 0 spiro atoms. The number of carboxylic acid groups (broad SMARTS) is 2. The van der Waals surface area contributed by atoms with Gasteiger partial charge in [0, 0.05) is 10.3 Å². The van der Waals surface area contributed by atoms with E-state index in [1.54, 1.807) is 17.4 Å². The molecule has 1 aromatic carbocycles. The third-order valence-electron chi connectivity index (χ3n) is 3.95. The van der Waals surface area contributed by atoms with Crippen LogP contribution in [0.3, 0.4) is 0 Å².